The normalized spacial score (nSPS) is 12.9. The van der Waals surface area contributed by atoms with E-state index in [1.807, 2.05) is 13.8 Å². The molecule has 0 unspecified atom stereocenters. The van der Waals surface area contributed by atoms with E-state index in [1.54, 1.807) is 12.1 Å². The van der Waals surface area contributed by atoms with Crippen LogP contribution in [-0.2, 0) is 11.2 Å². The highest BCUT2D eigenvalue weighted by Crippen LogP contribution is 2.52. The largest absolute Gasteiger partial charge is 0.508 e. The SMILES string of the molecule is CC.CO.COC(=O)c1cc(O)c(O)c(O)c1.Oc1cc(O)c2c(c1)OCC[C@H]2c1c(O)cc(O)c2c1OCCC2.Oc1cccc(O)c1O.Oc1ccccc1O. The Morgan fingerprint density at radius 1 is 0.586 bits per heavy atom. The van der Waals surface area contributed by atoms with Crippen LogP contribution < -0.4 is 9.47 Å². The number of ether oxygens (including phenoxy) is 3. The van der Waals surface area contributed by atoms with Crippen LogP contribution in [0.25, 0.3) is 0 Å². The van der Waals surface area contributed by atoms with Gasteiger partial charge in [0, 0.05) is 47.9 Å². The maximum absolute atomic E-state index is 10.9. The lowest BCUT2D eigenvalue weighted by Gasteiger charge is -2.31. The second-order valence-corrected chi connectivity index (χ2v) is 11.6. The van der Waals surface area contributed by atoms with E-state index in [0.29, 0.717) is 54.2 Å². The molecule has 7 rings (SSSR count). The number of carbonyl (C=O) groups is 1. The van der Waals surface area contributed by atoms with Crippen molar-refractivity contribution in [3.63, 3.8) is 0 Å². The van der Waals surface area contributed by atoms with Crippen molar-refractivity contribution in [2.45, 2.75) is 39.0 Å². The molecule has 17 heteroatoms. The van der Waals surface area contributed by atoms with Gasteiger partial charge in [0.15, 0.2) is 46.0 Å². The molecule has 0 saturated heterocycles. The second-order valence-electron chi connectivity index (χ2n) is 11.6. The Hall–Kier alpha value is -7.27. The maximum Gasteiger partial charge on any atom is 0.338 e. The molecule has 0 bridgehead atoms. The quantitative estimate of drug-likeness (QED) is 0.0732. The summed E-state index contributed by atoms with van der Waals surface area (Å²) in [4.78, 5) is 10.9. The van der Waals surface area contributed by atoms with E-state index in [0.717, 1.165) is 25.7 Å². The van der Waals surface area contributed by atoms with E-state index >= 15 is 0 Å². The fourth-order valence-corrected chi connectivity index (χ4v) is 5.47. The predicted octanol–water partition coefficient (Wildman–Crippen LogP) is 5.87. The lowest BCUT2D eigenvalue weighted by Crippen LogP contribution is -2.18. The van der Waals surface area contributed by atoms with Gasteiger partial charge in [0.2, 0.25) is 0 Å². The van der Waals surface area contributed by atoms with Crippen molar-refractivity contribution in [2.24, 2.45) is 0 Å². The number of phenols is 12. The van der Waals surface area contributed by atoms with Crippen molar-refractivity contribution in [1.29, 1.82) is 0 Å². The molecule has 13 N–H and O–H groups in total. The average Bonchev–Trinajstić information content (AvgIpc) is 3.21. The summed E-state index contributed by atoms with van der Waals surface area (Å²) in [5.41, 5.74) is 1.71. The first-order valence-corrected chi connectivity index (χ1v) is 17.5. The Morgan fingerprint density at radius 3 is 1.62 bits per heavy atom. The van der Waals surface area contributed by atoms with Crippen LogP contribution in [0.4, 0.5) is 0 Å². The van der Waals surface area contributed by atoms with Crippen LogP contribution in [0.3, 0.4) is 0 Å². The Labute approximate surface area is 333 Å². The summed E-state index contributed by atoms with van der Waals surface area (Å²) in [6.45, 7) is 4.90. The minimum absolute atomic E-state index is 0.0214. The highest BCUT2D eigenvalue weighted by Gasteiger charge is 2.34. The number of phenolic OH excluding ortho intramolecular Hbond substituents is 12. The first kappa shape index (κ1) is 46.9. The molecule has 5 aromatic rings. The van der Waals surface area contributed by atoms with E-state index in [4.69, 9.17) is 55.4 Å². The number of esters is 1. The minimum atomic E-state index is -0.703. The van der Waals surface area contributed by atoms with Crippen LogP contribution in [-0.4, -0.2) is 99.8 Å². The molecule has 0 radical (unpaired) electrons. The van der Waals surface area contributed by atoms with Gasteiger partial charge in [0.05, 0.1) is 25.9 Å². The molecule has 58 heavy (non-hydrogen) atoms. The van der Waals surface area contributed by atoms with Crippen LogP contribution in [0.15, 0.2) is 72.8 Å². The molecule has 0 aromatic heterocycles. The van der Waals surface area contributed by atoms with Crippen molar-refractivity contribution in [2.75, 3.05) is 27.4 Å². The molecule has 0 amide bonds. The summed E-state index contributed by atoms with van der Waals surface area (Å²) >= 11 is 0. The number of rotatable bonds is 2. The number of aromatic hydroxyl groups is 12. The summed E-state index contributed by atoms with van der Waals surface area (Å²) in [5, 5.41) is 118. The topological polar surface area (TPSA) is 308 Å². The van der Waals surface area contributed by atoms with E-state index < -0.39 is 29.0 Å². The second kappa shape index (κ2) is 22.3. The van der Waals surface area contributed by atoms with Crippen LogP contribution in [0.1, 0.15) is 59.7 Å². The highest BCUT2D eigenvalue weighted by molar-refractivity contribution is 5.91. The van der Waals surface area contributed by atoms with Gasteiger partial charge in [-0.25, -0.2) is 4.79 Å². The Kier molecular flexibility index (Phi) is 18.0. The maximum atomic E-state index is 10.9. The summed E-state index contributed by atoms with van der Waals surface area (Å²) < 4.78 is 15.7. The van der Waals surface area contributed by atoms with Gasteiger partial charge in [-0.2, -0.15) is 0 Å². The van der Waals surface area contributed by atoms with Crippen molar-refractivity contribution in [3.05, 3.63) is 95.1 Å². The Morgan fingerprint density at radius 2 is 1.10 bits per heavy atom. The van der Waals surface area contributed by atoms with Gasteiger partial charge in [0.1, 0.15) is 34.5 Å². The van der Waals surface area contributed by atoms with Crippen molar-refractivity contribution >= 4 is 5.97 Å². The number of fused-ring (bicyclic) bond motifs is 2. The van der Waals surface area contributed by atoms with E-state index in [2.05, 4.69) is 4.74 Å². The summed E-state index contributed by atoms with van der Waals surface area (Å²) in [5.74, 6) is -3.44. The van der Waals surface area contributed by atoms with Crippen molar-refractivity contribution in [3.8, 4) is 80.5 Å². The molecule has 5 aromatic carbocycles. The molecule has 2 heterocycles. The van der Waals surface area contributed by atoms with E-state index in [9.17, 15) is 25.2 Å². The highest BCUT2D eigenvalue weighted by atomic mass is 16.5. The first-order chi connectivity index (χ1) is 27.6. The zero-order valence-electron chi connectivity index (χ0n) is 32.0. The lowest BCUT2D eigenvalue weighted by atomic mass is 9.83. The molecule has 17 nitrogen and oxygen atoms in total. The number of aliphatic hydroxyl groups excluding tert-OH is 1. The molecule has 2 aliphatic heterocycles. The first-order valence-electron chi connectivity index (χ1n) is 17.5. The zero-order chi connectivity index (χ0) is 43.7. The summed E-state index contributed by atoms with van der Waals surface area (Å²) in [6.07, 6.45) is 2.01. The zero-order valence-corrected chi connectivity index (χ0v) is 32.0. The minimum Gasteiger partial charge on any atom is -0.508 e. The fourth-order valence-electron chi connectivity index (χ4n) is 5.47. The number of hydrogen-bond donors (Lipinski definition) is 13. The number of hydrogen-bond acceptors (Lipinski definition) is 17. The molecule has 2 aliphatic rings. The van der Waals surface area contributed by atoms with Gasteiger partial charge in [0.25, 0.3) is 0 Å². The molecule has 0 fully saturated rings. The average molecular weight is 813 g/mol. The molecular weight excluding hydrogens is 764 g/mol. The third kappa shape index (κ3) is 11.9. The number of benzene rings is 5. The molecule has 0 saturated carbocycles. The predicted molar refractivity (Wildman–Crippen MR) is 209 cm³/mol. The Bertz CT molecular complexity index is 2050. The van der Waals surface area contributed by atoms with Crippen LogP contribution in [0.2, 0.25) is 0 Å². The molecule has 0 spiro atoms. The van der Waals surface area contributed by atoms with Crippen LogP contribution >= 0.6 is 0 Å². The van der Waals surface area contributed by atoms with E-state index in [-0.39, 0.29) is 57.5 Å². The van der Waals surface area contributed by atoms with Crippen LogP contribution in [0, 0.1) is 0 Å². The number of methoxy groups -OCH3 is 1. The molecule has 1 atom stereocenters. The third-order valence-corrected chi connectivity index (χ3v) is 8.03. The van der Waals surface area contributed by atoms with Gasteiger partial charge in [-0.1, -0.05) is 32.0 Å². The van der Waals surface area contributed by atoms with Crippen molar-refractivity contribution in [1.82, 2.24) is 0 Å². The van der Waals surface area contributed by atoms with Gasteiger partial charge >= 0.3 is 5.97 Å². The smallest absolute Gasteiger partial charge is 0.338 e. The Balaban J connectivity index is 0.000000288. The fraction of sp³-hybridized carbons (Fsp3) is 0.244. The van der Waals surface area contributed by atoms with E-state index in [1.165, 1.54) is 55.6 Å². The van der Waals surface area contributed by atoms with Gasteiger partial charge in [-0.3, -0.25) is 0 Å². The summed E-state index contributed by atoms with van der Waals surface area (Å²) in [6, 6.07) is 16.2. The monoisotopic (exact) mass is 812 g/mol. The molecule has 314 valence electrons. The lowest BCUT2D eigenvalue weighted by molar-refractivity contribution is 0.0599. The number of aliphatic hydroxyl groups is 1. The van der Waals surface area contributed by atoms with Gasteiger partial charge < -0.3 is 80.6 Å². The number of para-hydroxylation sites is 3. The third-order valence-electron chi connectivity index (χ3n) is 8.03. The molecular formula is C41H48O17. The van der Waals surface area contributed by atoms with Crippen molar-refractivity contribution < 1.29 is 85.4 Å². The molecule has 0 aliphatic carbocycles. The van der Waals surface area contributed by atoms with Gasteiger partial charge in [-0.05, 0) is 55.7 Å². The standard InChI is InChI=1S/C18H18O6.C8H8O5.C6H6O3.C6H6O2.C2H6.CH4O/c19-9-6-13(21)16-11(3-5-23-15(16)7-9)17-14(22)8-12(20)10-2-1-4-24-18(10)17;1-13-8(12)4-2-5(9)7(11)6(10)3-4;7-4-2-1-3-5(8)6(4)9;7-5-3-1-2-4-6(5)8;2*1-2/h6-8,11,19-22H,1-5H2;2-3,9-11H,1H3;1-3,7-9H;1-4,7-8H;1-2H3;2H,1H3/t11-;;;;;/m1...../s1. The van der Waals surface area contributed by atoms with Gasteiger partial charge in [-0.15, -0.1) is 0 Å². The number of carbonyl (C=O) groups excluding carboxylic acids is 1. The summed E-state index contributed by atoms with van der Waals surface area (Å²) in [7, 11) is 2.17. The van der Waals surface area contributed by atoms with Crippen LogP contribution in [0.5, 0.6) is 80.5 Å².